The Bertz CT molecular complexity index is 524. The van der Waals surface area contributed by atoms with E-state index in [2.05, 4.69) is 0 Å². The third kappa shape index (κ3) is 3.71. The van der Waals surface area contributed by atoms with Crippen LogP contribution >= 0.6 is 23.2 Å². The second-order valence-electron chi connectivity index (χ2n) is 3.32. The van der Waals surface area contributed by atoms with Crippen molar-refractivity contribution in [1.82, 2.24) is 0 Å². The van der Waals surface area contributed by atoms with Crippen molar-refractivity contribution in [3.8, 4) is 0 Å². The first kappa shape index (κ1) is 14.3. The normalized spacial score (nSPS) is 10.7. The fourth-order valence-corrected chi connectivity index (χ4v) is 9.59. The Labute approximate surface area is 125 Å². The molecule has 0 aromatic heterocycles. The van der Waals surface area contributed by atoms with Gasteiger partial charge < -0.3 is 0 Å². The second-order valence-corrected chi connectivity index (χ2v) is 10.3. The quantitative estimate of drug-likeness (QED) is 0.674. The van der Waals surface area contributed by atoms with Gasteiger partial charge in [-0.15, -0.1) is 0 Å². The van der Waals surface area contributed by atoms with Gasteiger partial charge in [0.15, 0.2) is 0 Å². The van der Waals surface area contributed by atoms with Gasteiger partial charge in [-0.05, 0) is 0 Å². The monoisotopic (exact) mass is 418 g/mol. The van der Waals surface area contributed by atoms with Crippen molar-refractivity contribution >= 4 is 58.4 Å². The third-order valence-electron chi connectivity index (χ3n) is 2.01. The van der Waals surface area contributed by atoms with E-state index in [4.69, 9.17) is 23.2 Å². The number of hydrogen-bond donors (Lipinski definition) is 0. The summed E-state index contributed by atoms with van der Waals surface area (Å²) in [6, 6.07) is 8.78. The predicted octanol–water partition coefficient (Wildman–Crippen LogP) is 2.55. The molecule has 0 amide bonds. The average Bonchev–Trinajstić information content (AvgIpc) is 2.30. The van der Waals surface area contributed by atoms with Gasteiger partial charge >= 0.3 is 125 Å². The van der Waals surface area contributed by atoms with E-state index in [1.807, 2.05) is 0 Å². The molecule has 0 fully saturated rings. The molecule has 0 bridgehead atoms. The van der Waals surface area contributed by atoms with Crippen LogP contribution in [-0.4, -0.2) is 26.3 Å². The first-order chi connectivity index (χ1) is 8.56. The molecular formula is C12H6Cl2F2Se2. The van der Waals surface area contributed by atoms with Crippen molar-refractivity contribution in [3.63, 3.8) is 0 Å². The van der Waals surface area contributed by atoms with Gasteiger partial charge in [-0.1, -0.05) is 0 Å². The summed E-state index contributed by atoms with van der Waals surface area (Å²) in [6.07, 6.45) is 0. The van der Waals surface area contributed by atoms with Gasteiger partial charge in [0, 0.05) is 0 Å². The van der Waals surface area contributed by atoms with Crippen LogP contribution in [0.1, 0.15) is 0 Å². The van der Waals surface area contributed by atoms with Gasteiger partial charge in [0.25, 0.3) is 0 Å². The zero-order valence-electron chi connectivity index (χ0n) is 8.79. The fourth-order valence-electron chi connectivity index (χ4n) is 1.18. The standard InChI is InChI=1S/C12H6Cl2F2Se2/c13-9-5-7(15)1-3-11(9)17-18-12-4-2-8(16)6-10(12)14/h1-6H. The summed E-state index contributed by atoms with van der Waals surface area (Å²) >= 11 is 12.1. The van der Waals surface area contributed by atoms with Crippen LogP contribution in [0.5, 0.6) is 0 Å². The molecule has 0 N–H and O–H groups in total. The molecule has 0 aliphatic carbocycles. The molecule has 0 unspecified atom stereocenters. The molecule has 2 aromatic rings. The number of rotatable bonds is 3. The van der Waals surface area contributed by atoms with Gasteiger partial charge in [-0.25, -0.2) is 0 Å². The Morgan fingerprint density at radius 1 is 0.722 bits per heavy atom. The summed E-state index contributed by atoms with van der Waals surface area (Å²) in [7, 11) is 0. The summed E-state index contributed by atoms with van der Waals surface area (Å²) in [5.74, 6) is -0.682. The van der Waals surface area contributed by atoms with Crippen molar-refractivity contribution in [2.24, 2.45) is 0 Å². The zero-order valence-corrected chi connectivity index (χ0v) is 13.7. The predicted molar refractivity (Wildman–Crippen MR) is 73.6 cm³/mol. The molecule has 0 atom stereocenters. The Balaban J connectivity index is 2.11. The molecule has 0 saturated heterocycles. The van der Waals surface area contributed by atoms with Gasteiger partial charge in [0.05, 0.1) is 0 Å². The maximum absolute atomic E-state index is 12.9. The van der Waals surface area contributed by atoms with Crippen LogP contribution < -0.4 is 8.92 Å². The maximum atomic E-state index is 12.9. The van der Waals surface area contributed by atoms with E-state index < -0.39 is 0 Å². The summed E-state index contributed by atoms with van der Waals surface area (Å²) < 4.78 is 27.6. The van der Waals surface area contributed by atoms with Crippen molar-refractivity contribution in [1.29, 1.82) is 0 Å². The summed E-state index contributed by atoms with van der Waals surface area (Å²) in [4.78, 5) is 0. The van der Waals surface area contributed by atoms with Crippen molar-refractivity contribution in [3.05, 3.63) is 58.1 Å². The van der Waals surface area contributed by atoms with E-state index in [9.17, 15) is 8.78 Å². The molecule has 6 heteroatoms. The van der Waals surface area contributed by atoms with Gasteiger partial charge in [0.2, 0.25) is 0 Å². The van der Waals surface area contributed by atoms with Crippen LogP contribution in [0, 0.1) is 11.6 Å². The minimum absolute atomic E-state index is 0.0965. The number of hydrogen-bond acceptors (Lipinski definition) is 0. The molecule has 0 spiro atoms. The minimum atomic E-state index is -0.341. The van der Waals surface area contributed by atoms with Gasteiger partial charge in [-0.2, -0.15) is 0 Å². The Morgan fingerprint density at radius 3 is 1.44 bits per heavy atom. The molecule has 0 aliphatic rings. The van der Waals surface area contributed by atoms with E-state index in [1.54, 1.807) is 12.1 Å². The fraction of sp³-hybridized carbons (Fsp3) is 0. The Hall–Kier alpha value is -0.0810. The van der Waals surface area contributed by atoms with E-state index in [0.717, 1.165) is 8.92 Å². The van der Waals surface area contributed by atoms with Crippen LogP contribution in [0.4, 0.5) is 8.78 Å². The van der Waals surface area contributed by atoms with Crippen molar-refractivity contribution < 1.29 is 8.78 Å². The molecule has 0 radical (unpaired) electrons. The summed E-state index contributed by atoms with van der Waals surface area (Å²) in [5, 5.41) is 0.880. The van der Waals surface area contributed by atoms with Crippen LogP contribution in [0.15, 0.2) is 36.4 Å². The second kappa shape index (κ2) is 6.38. The average molecular weight is 417 g/mol. The van der Waals surface area contributed by atoms with Crippen LogP contribution in [0.3, 0.4) is 0 Å². The van der Waals surface area contributed by atoms with Crippen LogP contribution in [-0.2, 0) is 0 Å². The van der Waals surface area contributed by atoms with Crippen molar-refractivity contribution in [2.45, 2.75) is 0 Å². The topological polar surface area (TPSA) is 0 Å². The Kier molecular flexibility index (Phi) is 5.08. The molecule has 0 aliphatic heterocycles. The third-order valence-corrected chi connectivity index (χ3v) is 10.4. The molecule has 18 heavy (non-hydrogen) atoms. The molecule has 94 valence electrons. The molecular weight excluding hydrogens is 411 g/mol. The number of benzene rings is 2. The van der Waals surface area contributed by atoms with Gasteiger partial charge in [0.1, 0.15) is 0 Å². The molecule has 2 aromatic carbocycles. The van der Waals surface area contributed by atoms with Crippen LogP contribution in [0.2, 0.25) is 10.0 Å². The molecule has 0 nitrogen and oxygen atoms in total. The van der Waals surface area contributed by atoms with Crippen LogP contribution in [0.25, 0.3) is 0 Å². The molecule has 2 rings (SSSR count). The zero-order chi connectivity index (χ0) is 13.1. The summed E-state index contributed by atoms with van der Waals surface area (Å²) in [6.45, 7) is 0. The molecule has 0 heterocycles. The van der Waals surface area contributed by atoms with E-state index in [0.29, 0.717) is 10.0 Å². The van der Waals surface area contributed by atoms with Crippen molar-refractivity contribution in [2.75, 3.05) is 0 Å². The van der Waals surface area contributed by atoms with E-state index in [-0.39, 0.29) is 37.9 Å². The van der Waals surface area contributed by atoms with E-state index in [1.165, 1.54) is 24.3 Å². The number of halogens is 4. The first-order valence-electron chi connectivity index (χ1n) is 4.81. The van der Waals surface area contributed by atoms with E-state index >= 15 is 0 Å². The Morgan fingerprint density at radius 2 is 1.11 bits per heavy atom. The first-order valence-corrected chi connectivity index (χ1v) is 11.6. The van der Waals surface area contributed by atoms with Gasteiger partial charge in [-0.3, -0.25) is 0 Å². The molecule has 0 saturated carbocycles. The summed E-state index contributed by atoms with van der Waals surface area (Å²) in [5.41, 5.74) is 0. The SMILES string of the molecule is Fc1ccc([Se][Se]c2ccc(F)cc2Cl)c(Cl)c1.